The van der Waals surface area contributed by atoms with Gasteiger partial charge in [0, 0.05) is 24.3 Å². The molecule has 2 aliphatic rings. The van der Waals surface area contributed by atoms with E-state index in [2.05, 4.69) is 36.4 Å². The highest BCUT2D eigenvalue weighted by Gasteiger charge is 2.07. The Kier molecular flexibility index (Phi) is 7.83. The van der Waals surface area contributed by atoms with Crippen LogP contribution >= 0.6 is 0 Å². The van der Waals surface area contributed by atoms with Gasteiger partial charge in [-0.25, -0.2) is 0 Å². The number of hydrogen-bond donors (Lipinski definition) is 2. The highest BCUT2D eigenvalue weighted by atomic mass is 16.2. The van der Waals surface area contributed by atoms with Crippen molar-refractivity contribution in [2.75, 3.05) is 0 Å². The lowest BCUT2D eigenvalue weighted by molar-refractivity contribution is -0.125. The molecule has 4 rings (SSSR count). The van der Waals surface area contributed by atoms with Crippen LogP contribution < -0.4 is 10.6 Å². The fourth-order valence-electron chi connectivity index (χ4n) is 2.03. The summed E-state index contributed by atoms with van der Waals surface area (Å²) in [4.78, 5) is 40.1. The molecule has 6 heteroatoms. The van der Waals surface area contributed by atoms with E-state index in [4.69, 9.17) is 0 Å². The SMILES string of the molecule is C(=Cc1ccccc1)c1ccccc1.O=C1C=CC(=O)N1.O=C1C=CC(=O)N1. The molecule has 0 radical (unpaired) electrons. The number of rotatable bonds is 2. The highest BCUT2D eigenvalue weighted by Crippen LogP contribution is 2.06. The van der Waals surface area contributed by atoms with Crippen LogP contribution in [0.3, 0.4) is 0 Å². The van der Waals surface area contributed by atoms with Crippen LogP contribution in [0.4, 0.5) is 0 Å². The van der Waals surface area contributed by atoms with Crippen LogP contribution in [0, 0.1) is 0 Å². The van der Waals surface area contributed by atoms with E-state index in [1.54, 1.807) is 0 Å². The smallest absolute Gasteiger partial charge is 0.250 e. The summed E-state index contributed by atoms with van der Waals surface area (Å²) >= 11 is 0. The molecular formula is C22H18N2O4. The van der Waals surface area contributed by atoms with Crippen molar-refractivity contribution in [3.63, 3.8) is 0 Å². The second kappa shape index (κ2) is 10.8. The van der Waals surface area contributed by atoms with Crippen molar-refractivity contribution in [3.8, 4) is 0 Å². The number of carbonyl (C=O) groups excluding carboxylic acids is 4. The Morgan fingerprint density at radius 3 is 0.964 bits per heavy atom. The maximum Gasteiger partial charge on any atom is 0.250 e. The molecule has 28 heavy (non-hydrogen) atoms. The number of hydrogen-bond acceptors (Lipinski definition) is 4. The van der Waals surface area contributed by atoms with Crippen LogP contribution in [0.15, 0.2) is 85.0 Å². The van der Waals surface area contributed by atoms with E-state index in [9.17, 15) is 19.2 Å². The van der Waals surface area contributed by atoms with Crippen molar-refractivity contribution < 1.29 is 19.2 Å². The van der Waals surface area contributed by atoms with Crippen molar-refractivity contribution in [2.45, 2.75) is 0 Å². The molecule has 0 atom stereocenters. The van der Waals surface area contributed by atoms with Crippen LogP contribution in [0.1, 0.15) is 11.1 Å². The van der Waals surface area contributed by atoms with Crippen molar-refractivity contribution in [1.29, 1.82) is 0 Å². The third-order valence-electron chi connectivity index (χ3n) is 3.33. The summed E-state index contributed by atoms with van der Waals surface area (Å²) in [5.74, 6) is -1.31. The van der Waals surface area contributed by atoms with Crippen LogP contribution in [-0.2, 0) is 19.2 Å². The molecule has 0 aromatic heterocycles. The summed E-state index contributed by atoms with van der Waals surface area (Å²) in [7, 11) is 0. The van der Waals surface area contributed by atoms with Crippen LogP contribution in [0.25, 0.3) is 12.2 Å². The molecule has 2 heterocycles. The third-order valence-corrected chi connectivity index (χ3v) is 3.33. The van der Waals surface area contributed by atoms with Crippen LogP contribution in [0.5, 0.6) is 0 Å². The van der Waals surface area contributed by atoms with Gasteiger partial charge < -0.3 is 0 Å². The lowest BCUT2D eigenvalue weighted by atomic mass is 10.1. The van der Waals surface area contributed by atoms with Crippen LogP contribution in [-0.4, -0.2) is 23.6 Å². The zero-order valence-corrected chi connectivity index (χ0v) is 14.9. The standard InChI is InChI=1S/C14H12.2C4H3NO2/c1-3-7-13(8-4-1)11-12-14-9-5-2-6-10-14;2*6-3-1-2-4(7)5-3/h1-12H;2*1-2H,(H,5,6,7). The van der Waals surface area contributed by atoms with Gasteiger partial charge in [-0.05, 0) is 11.1 Å². The van der Waals surface area contributed by atoms with Gasteiger partial charge in [-0.1, -0.05) is 72.8 Å². The molecule has 6 nitrogen and oxygen atoms in total. The first kappa shape index (κ1) is 20.3. The number of imide groups is 2. The molecule has 0 fully saturated rings. The average molecular weight is 374 g/mol. The van der Waals surface area contributed by atoms with E-state index in [0.717, 1.165) is 0 Å². The van der Waals surface area contributed by atoms with Crippen molar-refractivity contribution in [1.82, 2.24) is 10.6 Å². The van der Waals surface area contributed by atoms with Gasteiger partial charge in [-0.15, -0.1) is 0 Å². The average Bonchev–Trinajstić information content (AvgIpc) is 3.28. The second-order valence-electron chi connectivity index (χ2n) is 5.53. The second-order valence-corrected chi connectivity index (χ2v) is 5.53. The summed E-state index contributed by atoms with van der Waals surface area (Å²) in [5, 5.41) is 4.06. The van der Waals surface area contributed by atoms with Gasteiger partial charge >= 0.3 is 0 Å². The fourth-order valence-corrected chi connectivity index (χ4v) is 2.03. The predicted octanol–water partition coefficient (Wildman–Crippen LogP) is 2.25. The van der Waals surface area contributed by atoms with Gasteiger partial charge in [-0.3, -0.25) is 29.8 Å². The van der Waals surface area contributed by atoms with E-state index >= 15 is 0 Å². The zero-order valence-electron chi connectivity index (χ0n) is 14.9. The number of benzene rings is 2. The maximum absolute atomic E-state index is 10.0. The molecule has 2 aromatic rings. The topological polar surface area (TPSA) is 92.3 Å². The summed E-state index contributed by atoms with van der Waals surface area (Å²) < 4.78 is 0. The highest BCUT2D eigenvalue weighted by molar-refractivity contribution is 6.13. The van der Waals surface area contributed by atoms with Crippen molar-refractivity contribution >= 4 is 35.8 Å². The quantitative estimate of drug-likeness (QED) is 0.623. The summed E-state index contributed by atoms with van der Waals surface area (Å²) in [5.41, 5.74) is 2.47. The molecule has 2 N–H and O–H groups in total. The Morgan fingerprint density at radius 2 is 0.750 bits per heavy atom. The Balaban J connectivity index is 0.000000168. The maximum atomic E-state index is 10.0. The number of carbonyl (C=O) groups is 4. The van der Waals surface area contributed by atoms with E-state index < -0.39 is 0 Å². The predicted molar refractivity (Wildman–Crippen MR) is 106 cm³/mol. The van der Waals surface area contributed by atoms with Gasteiger partial charge in [0.1, 0.15) is 0 Å². The summed E-state index contributed by atoms with van der Waals surface area (Å²) in [6, 6.07) is 20.6. The largest absolute Gasteiger partial charge is 0.289 e. The number of amides is 4. The number of nitrogens with one attached hydrogen (secondary N) is 2. The minimum Gasteiger partial charge on any atom is -0.289 e. The minimum atomic E-state index is -0.329. The molecule has 2 aliphatic heterocycles. The molecule has 0 saturated heterocycles. The third kappa shape index (κ3) is 7.88. The summed E-state index contributed by atoms with van der Waals surface area (Å²) in [6.45, 7) is 0. The first-order valence-electron chi connectivity index (χ1n) is 8.37. The molecule has 0 spiro atoms. The summed E-state index contributed by atoms with van der Waals surface area (Å²) in [6.07, 6.45) is 9.03. The molecule has 0 unspecified atom stereocenters. The first-order chi connectivity index (χ1) is 13.5. The molecule has 4 amide bonds. The van der Waals surface area contributed by atoms with Gasteiger partial charge in [-0.2, -0.15) is 0 Å². The van der Waals surface area contributed by atoms with Gasteiger partial charge in [0.2, 0.25) is 0 Å². The van der Waals surface area contributed by atoms with E-state index in [1.807, 2.05) is 47.0 Å². The van der Waals surface area contributed by atoms with Gasteiger partial charge in [0.05, 0.1) is 0 Å². The molecule has 0 bridgehead atoms. The minimum absolute atomic E-state index is 0.329. The molecule has 0 saturated carbocycles. The normalized spacial score (nSPS) is 14.1. The molecule has 140 valence electrons. The van der Waals surface area contributed by atoms with Crippen LogP contribution in [0.2, 0.25) is 0 Å². The van der Waals surface area contributed by atoms with Crippen molar-refractivity contribution in [3.05, 3.63) is 96.1 Å². The fraction of sp³-hybridized carbons (Fsp3) is 0. The first-order valence-corrected chi connectivity index (χ1v) is 8.37. The van der Waals surface area contributed by atoms with Gasteiger partial charge in [0.25, 0.3) is 23.6 Å². The van der Waals surface area contributed by atoms with Crippen molar-refractivity contribution in [2.24, 2.45) is 0 Å². The lowest BCUT2D eigenvalue weighted by Crippen LogP contribution is -2.19. The van der Waals surface area contributed by atoms with E-state index in [0.29, 0.717) is 0 Å². The Labute approximate surface area is 162 Å². The molecule has 2 aromatic carbocycles. The van der Waals surface area contributed by atoms with Gasteiger partial charge in [0.15, 0.2) is 0 Å². The monoisotopic (exact) mass is 374 g/mol. The Morgan fingerprint density at radius 1 is 0.464 bits per heavy atom. The Bertz CT molecular complexity index is 820. The molecule has 0 aliphatic carbocycles. The van der Waals surface area contributed by atoms with E-state index in [1.165, 1.54) is 35.4 Å². The Hall–Kier alpha value is -4.06. The lowest BCUT2D eigenvalue weighted by Gasteiger charge is -1.92. The zero-order chi connectivity index (χ0) is 20.2. The molecular weight excluding hydrogens is 356 g/mol. The van der Waals surface area contributed by atoms with E-state index in [-0.39, 0.29) is 23.6 Å².